The molecule has 0 bridgehead atoms. The molecule has 162 valence electrons. The van der Waals surface area contributed by atoms with Crippen LogP contribution >= 0.6 is 0 Å². The quantitative estimate of drug-likeness (QED) is 0.443. The number of hydrogen-bond donors (Lipinski definition) is 2. The predicted molar refractivity (Wildman–Crippen MR) is 125 cm³/mol. The molecule has 4 heterocycles. The molecule has 0 fully saturated rings. The highest BCUT2D eigenvalue weighted by molar-refractivity contribution is 5.68. The molecule has 3 aromatic heterocycles. The lowest BCUT2D eigenvalue weighted by molar-refractivity contribution is 0.365. The number of rotatable bonds is 4. The van der Waals surface area contributed by atoms with Crippen molar-refractivity contribution in [2.75, 3.05) is 0 Å². The lowest BCUT2D eigenvalue weighted by atomic mass is 9.83. The number of pyridine rings is 1. The first-order chi connectivity index (χ1) is 16.2. The fraction of sp³-hybridized carbons (Fsp3) is 0.115. The number of nitrogens with zero attached hydrogens (tertiary/aromatic N) is 4. The second-order valence-electron chi connectivity index (χ2n) is 8.22. The molecule has 0 unspecified atom stereocenters. The number of nitrogens with one attached hydrogen (secondary N) is 1. The zero-order valence-corrected chi connectivity index (χ0v) is 17.7. The highest BCUT2D eigenvalue weighted by Gasteiger charge is 2.35. The minimum atomic E-state index is -0.419. The van der Waals surface area contributed by atoms with Gasteiger partial charge in [-0.25, -0.2) is 4.98 Å². The molecule has 0 amide bonds. The van der Waals surface area contributed by atoms with Crippen LogP contribution in [0.1, 0.15) is 23.1 Å². The van der Waals surface area contributed by atoms with Gasteiger partial charge < -0.3 is 14.2 Å². The number of fused-ring (bicyclic) bond motifs is 3. The lowest BCUT2D eigenvalue weighted by Crippen LogP contribution is -2.31. The van der Waals surface area contributed by atoms with Crippen LogP contribution in [0.2, 0.25) is 0 Å². The third-order valence-corrected chi connectivity index (χ3v) is 6.39. The van der Waals surface area contributed by atoms with Crippen LogP contribution < -0.4 is 5.43 Å². The van der Waals surface area contributed by atoms with Gasteiger partial charge in [0.25, 0.3) is 0 Å². The number of imidazole rings is 1. The summed E-state index contributed by atoms with van der Waals surface area (Å²) in [5, 5.41) is 17.8. The topological polar surface area (TPSA) is 88.7 Å². The van der Waals surface area contributed by atoms with E-state index in [1.54, 1.807) is 18.6 Å². The van der Waals surface area contributed by atoms with Gasteiger partial charge in [-0.2, -0.15) is 5.10 Å². The maximum absolute atomic E-state index is 12.4. The summed E-state index contributed by atoms with van der Waals surface area (Å²) >= 11 is 0. The number of aromatic amines is 1. The summed E-state index contributed by atoms with van der Waals surface area (Å²) in [6, 6.07) is 22.0. The molecule has 33 heavy (non-hydrogen) atoms. The summed E-state index contributed by atoms with van der Waals surface area (Å²) in [5.74, 6) is 0.269. The minimum Gasteiger partial charge on any atom is -0.503 e. The average Bonchev–Trinajstić information content (AvgIpc) is 3.53. The van der Waals surface area contributed by atoms with Gasteiger partial charge in [0, 0.05) is 36.5 Å². The van der Waals surface area contributed by atoms with Crippen LogP contribution in [-0.2, 0) is 6.54 Å². The average molecular weight is 435 g/mol. The summed E-state index contributed by atoms with van der Waals surface area (Å²) in [6.07, 6.45) is 7.11. The molecule has 0 radical (unpaired) electrons. The molecular formula is C26H21N5O2. The van der Waals surface area contributed by atoms with E-state index in [0.29, 0.717) is 18.1 Å². The van der Waals surface area contributed by atoms with Gasteiger partial charge in [-0.1, -0.05) is 60.7 Å². The van der Waals surface area contributed by atoms with Crippen LogP contribution in [0.25, 0.3) is 22.8 Å². The minimum absolute atomic E-state index is 0.0131. The molecule has 1 aliphatic heterocycles. The predicted octanol–water partition coefficient (Wildman–Crippen LogP) is 4.19. The second-order valence-corrected chi connectivity index (χ2v) is 8.22. The summed E-state index contributed by atoms with van der Waals surface area (Å²) in [7, 11) is 0. The molecule has 2 aromatic carbocycles. The van der Waals surface area contributed by atoms with Crippen molar-refractivity contribution in [2.45, 2.75) is 18.5 Å². The van der Waals surface area contributed by atoms with E-state index < -0.39 is 5.43 Å². The molecule has 5 aromatic rings. The Bertz CT molecular complexity index is 1430. The van der Waals surface area contributed by atoms with Gasteiger partial charge in [-0.3, -0.25) is 9.89 Å². The van der Waals surface area contributed by atoms with Gasteiger partial charge in [-0.05, 0) is 11.1 Å². The van der Waals surface area contributed by atoms with Gasteiger partial charge in [0.2, 0.25) is 5.43 Å². The van der Waals surface area contributed by atoms with Crippen molar-refractivity contribution in [3.63, 3.8) is 0 Å². The zero-order valence-electron chi connectivity index (χ0n) is 17.7. The van der Waals surface area contributed by atoms with Crippen LogP contribution in [-0.4, -0.2) is 29.4 Å². The van der Waals surface area contributed by atoms with Gasteiger partial charge in [-0.15, -0.1) is 0 Å². The Balaban J connectivity index is 1.61. The second kappa shape index (κ2) is 7.63. The van der Waals surface area contributed by atoms with E-state index in [4.69, 9.17) is 0 Å². The first kappa shape index (κ1) is 19.3. The van der Waals surface area contributed by atoms with Crippen molar-refractivity contribution in [1.29, 1.82) is 0 Å². The lowest BCUT2D eigenvalue weighted by Gasteiger charge is -2.36. The first-order valence-corrected chi connectivity index (χ1v) is 10.8. The van der Waals surface area contributed by atoms with E-state index in [-0.39, 0.29) is 17.7 Å². The molecule has 0 saturated heterocycles. The van der Waals surface area contributed by atoms with Crippen molar-refractivity contribution in [2.24, 2.45) is 0 Å². The summed E-state index contributed by atoms with van der Waals surface area (Å²) in [6.45, 7) is 0.611. The van der Waals surface area contributed by atoms with Gasteiger partial charge in [0.15, 0.2) is 11.6 Å². The van der Waals surface area contributed by atoms with Crippen LogP contribution in [0.15, 0.2) is 96.3 Å². The van der Waals surface area contributed by atoms with E-state index in [1.165, 1.54) is 6.07 Å². The van der Waals surface area contributed by atoms with Crippen LogP contribution in [0.3, 0.4) is 0 Å². The summed E-state index contributed by atoms with van der Waals surface area (Å²) in [5.41, 5.74) is 4.11. The maximum atomic E-state index is 12.4. The number of H-pyrrole nitrogens is 1. The summed E-state index contributed by atoms with van der Waals surface area (Å²) in [4.78, 5) is 17.0. The number of benzene rings is 2. The highest BCUT2D eigenvalue weighted by Crippen LogP contribution is 2.44. The highest BCUT2D eigenvalue weighted by atomic mass is 16.3. The van der Waals surface area contributed by atoms with Crippen LogP contribution in [0.4, 0.5) is 0 Å². The Kier molecular flexibility index (Phi) is 4.47. The Morgan fingerprint density at radius 2 is 1.67 bits per heavy atom. The molecule has 7 nitrogen and oxygen atoms in total. The fourth-order valence-corrected chi connectivity index (χ4v) is 4.91. The number of aromatic hydroxyl groups is 1. The third-order valence-electron chi connectivity index (χ3n) is 6.39. The van der Waals surface area contributed by atoms with E-state index in [1.807, 2.05) is 47.2 Å². The molecule has 0 saturated carbocycles. The molecule has 1 aliphatic rings. The Hall–Kier alpha value is -4.39. The molecular weight excluding hydrogens is 414 g/mol. The first-order valence-electron chi connectivity index (χ1n) is 10.8. The van der Waals surface area contributed by atoms with E-state index in [2.05, 4.69) is 44.0 Å². The fourth-order valence-electron chi connectivity index (χ4n) is 4.91. The summed E-state index contributed by atoms with van der Waals surface area (Å²) < 4.78 is 4.08. The van der Waals surface area contributed by atoms with Crippen molar-refractivity contribution >= 4 is 0 Å². The zero-order chi connectivity index (χ0) is 22.4. The van der Waals surface area contributed by atoms with Crippen LogP contribution in [0, 0.1) is 0 Å². The normalized spacial score (nSPS) is 14.8. The van der Waals surface area contributed by atoms with Gasteiger partial charge in [0.1, 0.15) is 5.69 Å². The van der Waals surface area contributed by atoms with Gasteiger partial charge in [0.05, 0.1) is 24.1 Å². The van der Waals surface area contributed by atoms with E-state index in [0.717, 1.165) is 22.4 Å². The smallest absolute Gasteiger partial charge is 0.223 e. The standard InChI is InChI=1S/C26H21N5O2/c32-22-11-12-30-21(23(17-7-3-1-4-8-17)18-9-5-2-6-10-18)16-31-20(19-13-28-29-14-19)15-27-26(31)24(30)25(22)33/h1-15,21,23,33H,16H2,(H,28,29)/t21-/m1/s1. The SMILES string of the molecule is O=c1ccn2c(c1O)-c1ncc(-c3cn[nH]c3)n1C[C@@H]2C(c1ccccc1)c1ccccc1. The van der Waals surface area contributed by atoms with Crippen molar-refractivity contribution < 1.29 is 5.11 Å². The Labute approximate surface area is 189 Å². The van der Waals surface area contributed by atoms with Gasteiger partial charge >= 0.3 is 0 Å². The molecule has 0 spiro atoms. The Morgan fingerprint density at radius 1 is 0.970 bits per heavy atom. The number of aromatic nitrogens is 5. The van der Waals surface area contributed by atoms with Crippen molar-refractivity contribution in [1.82, 2.24) is 24.3 Å². The molecule has 7 heteroatoms. The van der Waals surface area contributed by atoms with Crippen molar-refractivity contribution in [3.8, 4) is 28.5 Å². The number of hydrogen-bond acceptors (Lipinski definition) is 4. The largest absolute Gasteiger partial charge is 0.503 e. The third kappa shape index (κ3) is 3.09. The molecule has 2 N–H and O–H groups in total. The molecule has 1 atom stereocenters. The van der Waals surface area contributed by atoms with Crippen LogP contribution in [0.5, 0.6) is 5.75 Å². The van der Waals surface area contributed by atoms with Crippen molar-refractivity contribution in [3.05, 3.63) is 113 Å². The van der Waals surface area contributed by atoms with E-state index >= 15 is 0 Å². The van der Waals surface area contributed by atoms with E-state index in [9.17, 15) is 9.90 Å². The molecule has 6 rings (SSSR count). The Morgan fingerprint density at radius 3 is 2.30 bits per heavy atom. The maximum Gasteiger partial charge on any atom is 0.223 e. The molecule has 0 aliphatic carbocycles. The monoisotopic (exact) mass is 435 g/mol.